The van der Waals surface area contributed by atoms with Gasteiger partial charge in [0.2, 0.25) is 5.91 Å². The second-order valence-corrected chi connectivity index (χ2v) is 14.9. The summed E-state index contributed by atoms with van der Waals surface area (Å²) in [5.74, 6) is -2.23. The third kappa shape index (κ3) is 8.32. The molecule has 286 valence electrons. The molecule has 5 rings (SSSR count). The van der Waals surface area contributed by atoms with Crippen molar-refractivity contribution < 1.29 is 43.2 Å². The molecule has 2 fully saturated rings. The molecule has 0 saturated carbocycles. The standard InChI is InChI=1S/C39H49ClN4O9/c1-21-10-9-11-22(2)39(49)20-30(51-37(48)42-39)23(3)34-38(5,53-34)31(19-32(45)44(7)28-17-25(16-21)18-29(50-8)33(28)40)52-36(47)24(4)43(6)35(46)26-12-14-27(41)15-13-26/h9-15,17-18,22-24,30-31,34,49H,16,19-20,41H2,1-8H3,(H,42,48)/b11-9+,21-10+/t22-,23-,24+,30+,31+,34+,38+,39+/m1/s1. The number of nitrogen functional groups attached to an aromatic ring is 1. The monoisotopic (exact) mass is 752 g/mol. The van der Waals surface area contributed by atoms with Crippen molar-refractivity contribution in [3.8, 4) is 5.75 Å². The fourth-order valence-electron chi connectivity index (χ4n) is 6.91. The summed E-state index contributed by atoms with van der Waals surface area (Å²) in [7, 11) is 4.55. The molecule has 3 heterocycles. The minimum atomic E-state index is -1.62. The number of benzene rings is 2. The Bertz CT molecular complexity index is 1820. The van der Waals surface area contributed by atoms with E-state index in [9.17, 15) is 24.3 Å². The van der Waals surface area contributed by atoms with E-state index in [1.807, 2.05) is 32.1 Å². The number of anilines is 2. The summed E-state index contributed by atoms with van der Waals surface area (Å²) >= 11 is 6.76. The van der Waals surface area contributed by atoms with E-state index in [-0.39, 0.29) is 17.9 Å². The number of aliphatic hydroxyl groups is 1. The summed E-state index contributed by atoms with van der Waals surface area (Å²) < 4.78 is 23.6. The number of methoxy groups -OCH3 is 1. The largest absolute Gasteiger partial charge is 0.495 e. The quantitative estimate of drug-likeness (QED) is 0.214. The molecular formula is C39H49ClN4O9. The van der Waals surface area contributed by atoms with E-state index < -0.39 is 71.4 Å². The molecule has 14 heteroatoms. The highest BCUT2D eigenvalue weighted by Gasteiger charge is 2.64. The van der Waals surface area contributed by atoms with E-state index in [1.54, 1.807) is 57.3 Å². The van der Waals surface area contributed by atoms with E-state index in [0.717, 1.165) is 11.1 Å². The van der Waals surface area contributed by atoms with Crippen molar-refractivity contribution in [2.75, 3.05) is 31.8 Å². The van der Waals surface area contributed by atoms with Crippen molar-refractivity contribution >= 4 is 46.9 Å². The molecule has 2 aromatic carbocycles. The average molecular weight is 753 g/mol. The number of alkyl carbamates (subject to hydrolysis) is 1. The molecule has 4 bridgehead atoms. The highest BCUT2D eigenvalue weighted by Crippen LogP contribution is 2.49. The summed E-state index contributed by atoms with van der Waals surface area (Å²) in [5, 5.41) is 14.5. The highest BCUT2D eigenvalue weighted by atomic mass is 35.5. The number of epoxide rings is 1. The van der Waals surface area contributed by atoms with Crippen LogP contribution in [-0.4, -0.2) is 90.8 Å². The van der Waals surface area contributed by atoms with Gasteiger partial charge in [-0.15, -0.1) is 0 Å². The summed E-state index contributed by atoms with van der Waals surface area (Å²) in [5.41, 5.74) is 5.96. The van der Waals surface area contributed by atoms with Crippen molar-refractivity contribution in [3.05, 3.63) is 76.3 Å². The number of hydrogen-bond acceptors (Lipinski definition) is 10. The molecular weight excluding hydrogens is 704 g/mol. The molecule has 0 spiro atoms. The van der Waals surface area contributed by atoms with Crippen LogP contribution in [0.1, 0.15) is 63.4 Å². The predicted molar refractivity (Wildman–Crippen MR) is 199 cm³/mol. The maximum atomic E-state index is 14.1. The Balaban J connectivity index is 1.51. The smallest absolute Gasteiger partial charge is 0.409 e. The van der Waals surface area contributed by atoms with Gasteiger partial charge in [0.25, 0.3) is 5.91 Å². The lowest BCUT2D eigenvalue weighted by atomic mass is 9.82. The second kappa shape index (κ2) is 15.4. The number of likely N-dealkylation sites (N-methyl/N-ethyl adjacent to an activating group) is 1. The van der Waals surface area contributed by atoms with Gasteiger partial charge in [-0.1, -0.05) is 49.2 Å². The number of amides is 3. The lowest BCUT2D eigenvalue weighted by Gasteiger charge is -2.41. The minimum absolute atomic E-state index is 0.0510. The van der Waals surface area contributed by atoms with Crippen molar-refractivity contribution in [1.29, 1.82) is 0 Å². The molecule has 0 aromatic heterocycles. The Labute approximate surface area is 315 Å². The fraction of sp³-hybridized carbons (Fsp3) is 0.487. The van der Waals surface area contributed by atoms with Crippen LogP contribution in [0, 0.1) is 11.8 Å². The number of allylic oxidation sites excluding steroid dienone is 3. The number of nitrogens with two attached hydrogens (primary N) is 1. The molecule has 2 aromatic rings. The molecule has 0 aliphatic carbocycles. The van der Waals surface area contributed by atoms with E-state index in [1.165, 1.54) is 30.9 Å². The molecule has 0 unspecified atom stereocenters. The number of nitrogens with one attached hydrogen (secondary N) is 1. The van der Waals surface area contributed by atoms with Gasteiger partial charge in [-0.25, -0.2) is 9.59 Å². The first-order valence-electron chi connectivity index (χ1n) is 17.6. The van der Waals surface area contributed by atoms with Gasteiger partial charge >= 0.3 is 12.1 Å². The van der Waals surface area contributed by atoms with Crippen molar-refractivity contribution in [2.45, 2.75) is 89.6 Å². The van der Waals surface area contributed by atoms with Crippen LogP contribution in [0.25, 0.3) is 0 Å². The molecule has 3 aliphatic rings. The van der Waals surface area contributed by atoms with Crippen molar-refractivity contribution in [1.82, 2.24) is 10.2 Å². The van der Waals surface area contributed by atoms with Crippen molar-refractivity contribution in [3.63, 3.8) is 0 Å². The molecule has 0 radical (unpaired) electrons. The third-order valence-electron chi connectivity index (χ3n) is 10.8. The van der Waals surface area contributed by atoms with Crippen LogP contribution in [-0.2, 0) is 30.2 Å². The van der Waals surface area contributed by atoms with Gasteiger partial charge in [-0.05, 0) is 69.2 Å². The van der Waals surface area contributed by atoms with E-state index in [4.69, 9.17) is 36.3 Å². The Kier molecular flexibility index (Phi) is 11.5. The molecule has 8 atom stereocenters. The Morgan fingerprint density at radius 3 is 2.53 bits per heavy atom. The van der Waals surface area contributed by atoms with Crippen LogP contribution < -0.4 is 20.7 Å². The van der Waals surface area contributed by atoms with Crippen LogP contribution >= 0.6 is 11.6 Å². The third-order valence-corrected chi connectivity index (χ3v) is 11.1. The van der Waals surface area contributed by atoms with Gasteiger partial charge in [0.05, 0.1) is 25.3 Å². The summed E-state index contributed by atoms with van der Waals surface area (Å²) in [6.07, 6.45) is 2.44. The molecule has 3 amide bonds. The van der Waals surface area contributed by atoms with Gasteiger partial charge in [0.1, 0.15) is 40.3 Å². The number of carbonyl (C=O) groups excluding carboxylic acids is 4. The maximum Gasteiger partial charge on any atom is 0.409 e. The number of halogens is 1. The topological polar surface area (TPSA) is 173 Å². The lowest BCUT2D eigenvalue weighted by molar-refractivity contribution is -0.158. The number of nitrogens with zero attached hydrogens (tertiary/aromatic N) is 2. The molecule has 53 heavy (non-hydrogen) atoms. The fourth-order valence-corrected chi connectivity index (χ4v) is 7.23. The number of fused-ring (bicyclic) bond motifs is 5. The van der Waals surface area contributed by atoms with Gasteiger partial charge < -0.3 is 39.6 Å². The van der Waals surface area contributed by atoms with Crippen LogP contribution in [0.4, 0.5) is 16.2 Å². The summed E-state index contributed by atoms with van der Waals surface area (Å²) in [6.45, 7) is 8.83. The van der Waals surface area contributed by atoms with Gasteiger partial charge in [-0.3, -0.25) is 14.9 Å². The number of esters is 1. The Hall–Kier alpha value is -4.59. The molecule has 4 N–H and O–H groups in total. The Morgan fingerprint density at radius 2 is 1.87 bits per heavy atom. The zero-order chi connectivity index (χ0) is 39.0. The first kappa shape index (κ1) is 39.6. The van der Waals surface area contributed by atoms with Crippen LogP contribution in [0.2, 0.25) is 5.02 Å². The molecule has 2 saturated heterocycles. The van der Waals surface area contributed by atoms with Gasteiger partial charge in [0, 0.05) is 43.6 Å². The van der Waals surface area contributed by atoms with E-state index in [2.05, 4.69) is 5.32 Å². The van der Waals surface area contributed by atoms with Crippen LogP contribution in [0.5, 0.6) is 5.75 Å². The molecule has 3 aliphatic heterocycles. The number of ether oxygens (including phenoxy) is 4. The SMILES string of the molecule is COc1cc2cc(c1Cl)N(C)C(=O)C[C@H](OC(=O)[C@H](C)N(C)C(=O)c1ccc(N)cc1)[C@]1(C)O[C@H]1[C@H](C)[C@@H]1C[C@@](O)(NC(=O)O1)[C@H](C)/C=C/C=C(\C)C2. The zero-order valence-electron chi connectivity index (χ0n) is 31.3. The first-order valence-corrected chi connectivity index (χ1v) is 17.9. The van der Waals surface area contributed by atoms with Gasteiger partial charge in [0.15, 0.2) is 0 Å². The second-order valence-electron chi connectivity index (χ2n) is 14.6. The zero-order valence-corrected chi connectivity index (χ0v) is 32.1. The number of carbonyl (C=O) groups is 4. The average Bonchev–Trinajstić information content (AvgIpc) is 3.81. The minimum Gasteiger partial charge on any atom is -0.495 e. The van der Waals surface area contributed by atoms with E-state index >= 15 is 0 Å². The highest BCUT2D eigenvalue weighted by molar-refractivity contribution is 6.35. The van der Waals surface area contributed by atoms with E-state index in [0.29, 0.717) is 29.1 Å². The summed E-state index contributed by atoms with van der Waals surface area (Å²) in [6, 6.07) is 8.88. The molecule has 13 nitrogen and oxygen atoms in total. The first-order chi connectivity index (χ1) is 24.9. The van der Waals surface area contributed by atoms with Crippen LogP contribution in [0.3, 0.4) is 0 Å². The summed E-state index contributed by atoms with van der Waals surface area (Å²) in [4.78, 5) is 56.7. The maximum absolute atomic E-state index is 14.1. The number of rotatable bonds is 5. The normalized spacial score (nSPS) is 31.1. The van der Waals surface area contributed by atoms with Crippen LogP contribution in [0.15, 0.2) is 60.2 Å². The Morgan fingerprint density at radius 1 is 1.19 bits per heavy atom. The number of hydrogen-bond donors (Lipinski definition) is 3. The van der Waals surface area contributed by atoms with Gasteiger partial charge in [-0.2, -0.15) is 0 Å². The lowest BCUT2D eigenvalue weighted by Crippen LogP contribution is -2.60. The predicted octanol–water partition coefficient (Wildman–Crippen LogP) is 5.03. The van der Waals surface area contributed by atoms with Crippen molar-refractivity contribution in [2.24, 2.45) is 11.8 Å².